The Morgan fingerprint density at radius 2 is 1.52 bits per heavy atom. The Balaban J connectivity index is 1.70. The summed E-state index contributed by atoms with van der Waals surface area (Å²) < 4.78 is 0.586. The molecule has 0 spiro atoms. The summed E-state index contributed by atoms with van der Waals surface area (Å²) in [4.78, 5) is 37.0. The van der Waals surface area contributed by atoms with Gasteiger partial charge in [0.25, 0.3) is 11.8 Å². The maximum Gasteiger partial charge on any atom is 0.326 e. The van der Waals surface area contributed by atoms with Crippen molar-refractivity contribution in [1.29, 1.82) is 0 Å². The highest BCUT2D eigenvalue weighted by Gasteiger charge is 2.23. The summed E-state index contributed by atoms with van der Waals surface area (Å²) in [5, 5.41) is 15.4. The van der Waals surface area contributed by atoms with E-state index in [2.05, 4.69) is 26.6 Å². The van der Waals surface area contributed by atoms with Gasteiger partial charge in [-0.1, -0.05) is 53.5 Å². The minimum atomic E-state index is -1.15. The van der Waals surface area contributed by atoms with E-state index >= 15 is 0 Å². The number of carbonyl (C=O) groups is 3. The molecule has 1 atom stereocenters. The van der Waals surface area contributed by atoms with E-state index in [1.807, 2.05) is 0 Å². The molecule has 9 heteroatoms. The van der Waals surface area contributed by atoms with Crippen molar-refractivity contribution < 1.29 is 19.5 Å². The summed E-state index contributed by atoms with van der Waals surface area (Å²) in [6.07, 6.45) is 0.0646. The van der Waals surface area contributed by atoms with Gasteiger partial charge >= 0.3 is 5.97 Å². The number of amides is 2. The molecule has 0 fully saturated rings. The summed E-state index contributed by atoms with van der Waals surface area (Å²) in [6, 6.07) is 15.6. The molecule has 2 amide bonds. The molecule has 0 radical (unpaired) electrons. The molecular weight excluding hydrogens is 531 g/mol. The van der Waals surface area contributed by atoms with Crippen LogP contribution in [-0.4, -0.2) is 28.9 Å². The molecule has 1 unspecified atom stereocenters. The van der Waals surface area contributed by atoms with Crippen LogP contribution in [0.2, 0.25) is 10.0 Å². The molecule has 3 aromatic carbocycles. The zero-order chi connectivity index (χ0) is 24.1. The molecular formula is C24H19BrCl2N2O4. The van der Waals surface area contributed by atoms with Crippen LogP contribution >= 0.6 is 39.1 Å². The second kappa shape index (κ2) is 10.8. The molecule has 3 N–H and O–H groups in total. The van der Waals surface area contributed by atoms with Crippen LogP contribution in [0.4, 0.5) is 5.69 Å². The normalized spacial score (nSPS) is 11.5. The number of hydrogen-bond acceptors (Lipinski definition) is 3. The van der Waals surface area contributed by atoms with Gasteiger partial charge in [-0.15, -0.1) is 0 Å². The average molecular weight is 550 g/mol. The monoisotopic (exact) mass is 548 g/mol. The smallest absolute Gasteiger partial charge is 0.326 e. The maximum absolute atomic E-state index is 12.7. The number of aliphatic carboxylic acids is 1. The highest BCUT2D eigenvalue weighted by atomic mass is 79.9. The number of carbonyl (C=O) groups excluding carboxylic acids is 2. The van der Waals surface area contributed by atoms with Gasteiger partial charge in [0.1, 0.15) is 6.04 Å². The van der Waals surface area contributed by atoms with E-state index in [0.29, 0.717) is 21.3 Å². The lowest BCUT2D eigenvalue weighted by molar-refractivity contribution is -0.139. The maximum atomic E-state index is 12.7. The Bertz CT molecular complexity index is 1180. The van der Waals surface area contributed by atoms with Gasteiger partial charge in [-0.3, -0.25) is 9.59 Å². The van der Waals surface area contributed by atoms with E-state index in [1.54, 1.807) is 67.6 Å². The zero-order valence-corrected chi connectivity index (χ0v) is 20.5. The first-order valence-electron chi connectivity index (χ1n) is 9.80. The fourth-order valence-corrected chi connectivity index (χ4v) is 4.43. The second-order valence-electron chi connectivity index (χ2n) is 7.25. The molecule has 6 nitrogen and oxygen atoms in total. The van der Waals surface area contributed by atoms with Crippen LogP contribution in [0.5, 0.6) is 0 Å². The third kappa shape index (κ3) is 6.13. The molecule has 0 aromatic heterocycles. The predicted molar refractivity (Wildman–Crippen MR) is 132 cm³/mol. The van der Waals surface area contributed by atoms with Crippen molar-refractivity contribution in [2.75, 3.05) is 5.32 Å². The molecule has 0 aliphatic carbocycles. The van der Waals surface area contributed by atoms with Gasteiger partial charge in [0, 0.05) is 16.6 Å². The molecule has 3 aromatic rings. The molecule has 3 rings (SSSR count). The summed E-state index contributed by atoms with van der Waals surface area (Å²) in [6.45, 7) is 1.78. The van der Waals surface area contributed by atoms with Crippen molar-refractivity contribution in [3.63, 3.8) is 0 Å². The van der Waals surface area contributed by atoms with E-state index in [-0.39, 0.29) is 22.0 Å². The Morgan fingerprint density at radius 1 is 0.909 bits per heavy atom. The van der Waals surface area contributed by atoms with Gasteiger partial charge in [0.2, 0.25) is 0 Å². The highest BCUT2D eigenvalue weighted by molar-refractivity contribution is 9.10. The second-order valence-corrected chi connectivity index (χ2v) is 8.92. The first kappa shape index (κ1) is 24.8. The Hall–Kier alpha value is -2.87. The number of rotatable bonds is 7. The van der Waals surface area contributed by atoms with Crippen LogP contribution in [0, 0.1) is 6.92 Å². The summed E-state index contributed by atoms with van der Waals surface area (Å²) in [7, 11) is 0. The first-order chi connectivity index (χ1) is 15.7. The average Bonchev–Trinajstić information content (AvgIpc) is 2.74. The third-order valence-corrected chi connectivity index (χ3v) is 6.18. The van der Waals surface area contributed by atoms with Gasteiger partial charge in [-0.25, -0.2) is 4.79 Å². The van der Waals surface area contributed by atoms with Gasteiger partial charge in [-0.2, -0.15) is 0 Å². The molecule has 0 aliphatic rings. The molecule has 0 heterocycles. The zero-order valence-electron chi connectivity index (χ0n) is 17.4. The Labute approximate surface area is 209 Å². The summed E-state index contributed by atoms with van der Waals surface area (Å²) in [5.41, 5.74) is 2.44. The number of hydrogen-bond donors (Lipinski definition) is 3. The van der Waals surface area contributed by atoms with E-state index in [9.17, 15) is 19.5 Å². The summed E-state index contributed by atoms with van der Waals surface area (Å²) >= 11 is 15.5. The molecule has 170 valence electrons. The molecule has 0 saturated heterocycles. The van der Waals surface area contributed by atoms with Gasteiger partial charge < -0.3 is 15.7 Å². The van der Waals surface area contributed by atoms with Crippen molar-refractivity contribution in [1.82, 2.24) is 5.32 Å². The van der Waals surface area contributed by atoms with E-state index in [4.69, 9.17) is 23.2 Å². The number of carboxylic acids is 1. The van der Waals surface area contributed by atoms with Gasteiger partial charge in [0.15, 0.2) is 0 Å². The van der Waals surface area contributed by atoms with Crippen molar-refractivity contribution in [3.8, 4) is 0 Å². The van der Waals surface area contributed by atoms with Crippen LogP contribution in [0.25, 0.3) is 0 Å². The van der Waals surface area contributed by atoms with E-state index in [1.165, 1.54) is 0 Å². The minimum Gasteiger partial charge on any atom is -0.480 e. The lowest BCUT2D eigenvalue weighted by Gasteiger charge is -2.17. The lowest BCUT2D eigenvalue weighted by Crippen LogP contribution is -2.42. The van der Waals surface area contributed by atoms with Crippen LogP contribution in [0.15, 0.2) is 65.1 Å². The number of benzene rings is 3. The van der Waals surface area contributed by atoms with E-state index in [0.717, 1.165) is 5.56 Å². The number of anilines is 1. The Morgan fingerprint density at radius 3 is 2.09 bits per heavy atom. The minimum absolute atomic E-state index is 0.0646. The van der Waals surface area contributed by atoms with Crippen molar-refractivity contribution in [2.45, 2.75) is 19.4 Å². The largest absolute Gasteiger partial charge is 0.480 e. The molecule has 0 saturated carbocycles. The van der Waals surface area contributed by atoms with Crippen molar-refractivity contribution >= 4 is 62.6 Å². The Kier molecular flexibility index (Phi) is 8.13. The fraction of sp³-hybridized carbons (Fsp3) is 0.125. The van der Waals surface area contributed by atoms with Gasteiger partial charge in [-0.05, 0) is 64.3 Å². The van der Waals surface area contributed by atoms with Gasteiger partial charge in [0.05, 0.1) is 21.2 Å². The fourth-order valence-electron chi connectivity index (χ4n) is 3.22. The molecule has 0 aliphatic heterocycles. The number of carboxylic acid groups (broad SMARTS) is 1. The standard InChI is InChI=1S/C24H19BrCl2N2O4/c1-13-4-2-5-16(25)20(13)22(30)29-19(24(32)33)12-14-8-10-15(11-9-14)28-23(31)21-17(26)6-3-7-18(21)27/h2-11,19H,12H2,1H3,(H,28,31)(H,29,30)(H,32,33). The quantitative estimate of drug-likeness (QED) is 0.350. The van der Waals surface area contributed by atoms with Crippen LogP contribution < -0.4 is 10.6 Å². The van der Waals surface area contributed by atoms with Crippen molar-refractivity contribution in [2.24, 2.45) is 0 Å². The number of aryl methyl sites for hydroxylation is 1. The number of halogens is 3. The first-order valence-corrected chi connectivity index (χ1v) is 11.4. The SMILES string of the molecule is Cc1cccc(Br)c1C(=O)NC(Cc1ccc(NC(=O)c2c(Cl)cccc2Cl)cc1)C(=O)O. The van der Waals surface area contributed by atoms with E-state index < -0.39 is 23.8 Å². The topological polar surface area (TPSA) is 95.5 Å². The highest BCUT2D eigenvalue weighted by Crippen LogP contribution is 2.25. The molecule has 0 bridgehead atoms. The van der Waals surface area contributed by atoms with Crippen LogP contribution in [0.1, 0.15) is 31.8 Å². The lowest BCUT2D eigenvalue weighted by atomic mass is 10.0. The number of nitrogens with one attached hydrogen (secondary N) is 2. The predicted octanol–water partition coefficient (Wildman–Crippen LogP) is 5.74. The molecule has 33 heavy (non-hydrogen) atoms. The van der Waals surface area contributed by atoms with Crippen LogP contribution in [0.3, 0.4) is 0 Å². The van der Waals surface area contributed by atoms with Crippen molar-refractivity contribution in [3.05, 3.63) is 97.4 Å². The summed E-state index contributed by atoms with van der Waals surface area (Å²) in [5.74, 6) is -2.09. The third-order valence-electron chi connectivity index (χ3n) is 4.89. The van der Waals surface area contributed by atoms with Crippen LogP contribution in [-0.2, 0) is 11.2 Å².